The van der Waals surface area contributed by atoms with Gasteiger partial charge in [-0.05, 0) is 0 Å². The quantitative estimate of drug-likeness (QED) is 0.569. The molecule has 0 radical (unpaired) electrons. The number of hydrogen-bond acceptors (Lipinski definition) is 6. The predicted molar refractivity (Wildman–Crippen MR) is 55.8 cm³/mol. The largest absolute Gasteiger partial charge is 0.457 e. The van der Waals surface area contributed by atoms with E-state index in [9.17, 15) is 14.7 Å². The number of hydrogen-bond donors (Lipinski definition) is 1. The Morgan fingerprint density at radius 2 is 1.88 bits per heavy atom. The number of aliphatic hydroxyl groups is 1. The molecule has 0 bridgehead atoms. The third-order valence-corrected chi connectivity index (χ3v) is 2.98. The summed E-state index contributed by atoms with van der Waals surface area (Å²) < 4.78 is 14.9. The normalized spacial score (nSPS) is 34.2. The molecule has 1 N–H and O–H groups in total. The lowest BCUT2D eigenvalue weighted by atomic mass is 10.1. The van der Waals surface area contributed by atoms with Crippen LogP contribution in [0.4, 0.5) is 0 Å². The zero-order chi connectivity index (χ0) is 12.3. The summed E-state index contributed by atoms with van der Waals surface area (Å²) in [5.74, 6) is -1.01. The fourth-order valence-electron chi connectivity index (χ4n) is 1.39. The maximum absolute atomic E-state index is 10.9. The van der Waals surface area contributed by atoms with Gasteiger partial charge in [-0.25, -0.2) is 0 Å². The van der Waals surface area contributed by atoms with E-state index in [1.165, 1.54) is 13.8 Å². The number of halogens is 1. The maximum atomic E-state index is 10.9. The number of rotatable bonds is 2. The summed E-state index contributed by atoms with van der Waals surface area (Å²) in [4.78, 5) is 21.1. The molecule has 92 valence electrons. The van der Waals surface area contributed by atoms with E-state index in [1.807, 2.05) is 0 Å². The zero-order valence-electron chi connectivity index (χ0n) is 8.88. The van der Waals surface area contributed by atoms with Crippen LogP contribution in [0.2, 0.25) is 0 Å². The van der Waals surface area contributed by atoms with Gasteiger partial charge in [-0.3, -0.25) is 9.59 Å². The van der Waals surface area contributed by atoms with Gasteiger partial charge in [-0.2, -0.15) is 0 Å². The van der Waals surface area contributed by atoms with Crippen molar-refractivity contribution in [2.45, 2.75) is 37.2 Å². The zero-order valence-corrected chi connectivity index (χ0v) is 10.5. The number of alkyl halides is 1. The highest BCUT2D eigenvalue weighted by molar-refractivity contribution is 9.09. The minimum Gasteiger partial charge on any atom is -0.457 e. The number of carbonyl (C=O) groups excluding carboxylic acids is 2. The molecule has 0 spiro atoms. The van der Waals surface area contributed by atoms with Crippen LogP contribution in [-0.4, -0.2) is 47.0 Å². The molecule has 1 aliphatic rings. The summed E-state index contributed by atoms with van der Waals surface area (Å²) in [5.41, 5.74) is 0. The maximum Gasteiger partial charge on any atom is 0.303 e. The number of carbonyl (C=O) groups is 2. The Balaban J connectivity index is 2.72. The lowest BCUT2D eigenvalue weighted by Gasteiger charge is -2.36. The molecule has 0 amide bonds. The molecule has 1 heterocycles. The third-order valence-electron chi connectivity index (χ3n) is 2.00. The average molecular weight is 297 g/mol. The standard InChI is InChI=1S/C9H13BrO6/c1-4(11)15-6-3-14-9(13)7(10)8(6)16-5(2)12/h6-9,13H,3H2,1-2H3/t6-,7-,8+,9?/m1/s1. The van der Waals surface area contributed by atoms with E-state index in [0.29, 0.717) is 0 Å². The number of aliphatic hydroxyl groups excluding tert-OH is 1. The van der Waals surface area contributed by atoms with E-state index in [1.54, 1.807) is 0 Å². The van der Waals surface area contributed by atoms with Crippen LogP contribution in [0.15, 0.2) is 0 Å². The van der Waals surface area contributed by atoms with Crippen molar-refractivity contribution in [2.24, 2.45) is 0 Å². The summed E-state index contributed by atoms with van der Waals surface area (Å²) in [6.45, 7) is 2.48. The Labute approximate surface area is 101 Å². The van der Waals surface area contributed by atoms with Gasteiger partial charge < -0.3 is 19.3 Å². The molecular formula is C9H13BrO6. The summed E-state index contributed by atoms with van der Waals surface area (Å²) in [7, 11) is 0. The van der Waals surface area contributed by atoms with Crippen LogP contribution in [0.5, 0.6) is 0 Å². The van der Waals surface area contributed by atoms with Crippen LogP contribution < -0.4 is 0 Å². The Morgan fingerprint density at radius 3 is 2.38 bits per heavy atom. The van der Waals surface area contributed by atoms with Crippen LogP contribution in [0.3, 0.4) is 0 Å². The van der Waals surface area contributed by atoms with Gasteiger partial charge >= 0.3 is 11.9 Å². The number of esters is 2. The smallest absolute Gasteiger partial charge is 0.303 e. The van der Waals surface area contributed by atoms with Crippen molar-refractivity contribution in [1.82, 2.24) is 0 Å². The van der Waals surface area contributed by atoms with E-state index in [2.05, 4.69) is 15.9 Å². The molecule has 6 nitrogen and oxygen atoms in total. The minimum absolute atomic E-state index is 0.0131. The lowest BCUT2D eigenvalue weighted by molar-refractivity contribution is -0.212. The highest BCUT2D eigenvalue weighted by atomic mass is 79.9. The molecule has 7 heteroatoms. The van der Waals surface area contributed by atoms with Crippen molar-refractivity contribution in [3.05, 3.63) is 0 Å². The second-order valence-corrected chi connectivity index (χ2v) is 4.45. The first-order valence-corrected chi connectivity index (χ1v) is 5.61. The first-order chi connectivity index (χ1) is 7.41. The minimum atomic E-state index is -1.10. The van der Waals surface area contributed by atoms with Crippen molar-refractivity contribution in [3.8, 4) is 0 Å². The van der Waals surface area contributed by atoms with Crippen molar-refractivity contribution in [3.63, 3.8) is 0 Å². The van der Waals surface area contributed by atoms with Crippen LogP contribution in [0.25, 0.3) is 0 Å². The summed E-state index contributed by atoms with van der Waals surface area (Å²) in [5, 5.41) is 9.41. The van der Waals surface area contributed by atoms with E-state index < -0.39 is 35.3 Å². The lowest BCUT2D eigenvalue weighted by Crippen LogP contribution is -2.53. The molecule has 4 atom stereocenters. The fraction of sp³-hybridized carbons (Fsp3) is 0.778. The third kappa shape index (κ3) is 3.43. The van der Waals surface area contributed by atoms with Gasteiger partial charge in [0.15, 0.2) is 18.5 Å². The second kappa shape index (κ2) is 5.60. The summed E-state index contributed by atoms with van der Waals surface area (Å²) >= 11 is 3.14. The Morgan fingerprint density at radius 1 is 1.31 bits per heavy atom. The Bertz CT molecular complexity index is 281. The molecular weight excluding hydrogens is 284 g/mol. The first kappa shape index (κ1) is 13.4. The average Bonchev–Trinajstić information content (AvgIpc) is 2.16. The van der Waals surface area contributed by atoms with Gasteiger partial charge in [-0.1, -0.05) is 15.9 Å². The monoisotopic (exact) mass is 296 g/mol. The van der Waals surface area contributed by atoms with Crippen LogP contribution in [0, 0.1) is 0 Å². The first-order valence-electron chi connectivity index (χ1n) is 4.70. The van der Waals surface area contributed by atoms with E-state index in [-0.39, 0.29) is 6.61 Å². The fourth-order valence-corrected chi connectivity index (χ4v) is 2.00. The van der Waals surface area contributed by atoms with Gasteiger partial charge in [0.25, 0.3) is 0 Å². The molecule has 0 aromatic carbocycles. The molecule has 1 rings (SSSR count). The summed E-state index contributed by atoms with van der Waals surface area (Å²) in [6.07, 6.45) is -2.57. The van der Waals surface area contributed by atoms with Crippen molar-refractivity contribution >= 4 is 27.9 Å². The predicted octanol–water partition coefficient (Wildman–Crippen LogP) is -0.0381. The molecule has 1 fully saturated rings. The van der Waals surface area contributed by atoms with Gasteiger partial charge in [0.2, 0.25) is 0 Å². The highest BCUT2D eigenvalue weighted by Gasteiger charge is 2.42. The number of ether oxygens (including phenoxy) is 3. The van der Waals surface area contributed by atoms with Gasteiger partial charge in [0, 0.05) is 13.8 Å². The van der Waals surface area contributed by atoms with Crippen molar-refractivity contribution < 1.29 is 28.9 Å². The topological polar surface area (TPSA) is 82.1 Å². The molecule has 0 aromatic rings. The summed E-state index contributed by atoms with van der Waals surface area (Å²) in [6, 6.07) is 0. The molecule has 0 aromatic heterocycles. The SMILES string of the molecule is CC(=O)O[C@H]1[C@H](OC(C)=O)COC(O)[C@@H]1Br. The molecule has 1 unspecified atom stereocenters. The van der Waals surface area contributed by atoms with Crippen LogP contribution >= 0.6 is 15.9 Å². The van der Waals surface area contributed by atoms with Crippen molar-refractivity contribution in [1.29, 1.82) is 0 Å². The van der Waals surface area contributed by atoms with E-state index in [0.717, 1.165) is 0 Å². The van der Waals surface area contributed by atoms with Crippen LogP contribution in [-0.2, 0) is 23.8 Å². The Hall–Kier alpha value is -0.660. The van der Waals surface area contributed by atoms with Gasteiger partial charge in [-0.15, -0.1) is 0 Å². The Kier molecular flexibility index (Phi) is 4.69. The molecule has 1 saturated heterocycles. The molecule has 0 aliphatic carbocycles. The van der Waals surface area contributed by atoms with Crippen molar-refractivity contribution in [2.75, 3.05) is 6.61 Å². The van der Waals surface area contributed by atoms with Gasteiger partial charge in [0.05, 0.1) is 6.61 Å². The second-order valence-electron chi connectivity index (χ2n) is 3.39. The van der Waals surface area contributed by atoms with E-state index >= 15 is 0 Å². The van der Waals surface area contributed by atoms with Crippen LogP contribution in [0.1, 0.15) is 13.8 Å². The highest BCUT2D eigenvalue weighted by Crippen LogP contribution is 2.25. The van der Waals surface area contributed by atoms with Gasteiger partial charge in [0.1, 0.15) is 4.83 Å². The molecule has 1 aliphatic heterocycles. The van der Waals surface area contributed by atoms with E-state index in [4.69, 9.17) is 14.2 Å². The molecule has 16 heavy (non-hydrogen) atoms. The molecule has 0 saturated carbocycles.